The number of anilines is 1. The second kappa shape index (κ2) is 5.46. The van der Waals surface area contributed by atoms with Crippen molar-refractivity contribution in [3.63, 3.8) is 0 Å². The number of fused-ring (bicyclic) bond motifs is 1. The van der Waals surface area contributed by atoms with E-state index < -0.39 is 18.1 Å². The van der Waals surface area contributed by atoms with Crippen LogP contribution in [0.15, 0.2) is 48.5 Å². The third-order valence-corrected chi connectivity index (χ3v) is 3.38. The molecular formula is C16H15NO4. The summed E-state index contributed by atoms with van der Waals surface area (Å²) in [5, 5.41) is 12.9. The minimum absolute atomic E-state index is 0.483. The van der Waals surface area contributed by atoms with E-state index in [1.54, 1.807) is 25.3 Å². The van der Waals surface area contributed by atoms with Gasteiger partial charge in [-0.15, -0.1) is 0 Å². The van der Waals surface area contributed by atoms with Crippen molar-refractivity contribution >= 4 is 11.6 Å². The van der Waals surface area contributed by atoms with Crippen molar-refractivity contribution in [1.29, 1.82) is 0 Å². The molecule has 21 heavy (non-hydrogen) atoms. The summed E-state index contributed by atoms with van der Waals surface area (Å²) in [6, 6.07) is 14.3. The first kappa shape index (κ1) is 13.5. The average Bonchev–Trinajstić information content (AvgIpc) is 2.65. The van der Waals surface area contributed by atoms with Crippen LogP contribution in [0.1, 0.15) is 11.7 Å². The van der Waals surface area contributed by atoms with Crippen molar-refractivity contribution in [3.8, 4) is 11.5 Å². The molecule has 0 aliphatic carbocycles. The number of aliphatic hydroxyl groups excluding tert-OH is 1. The van der Waals surface area contributed by atoms with E-state index in [0.29, 0.717) is 17.2 Å². The maximum atomic E-state index is 12.1. The smallest absolute Gasteiger partial charge is 0.257 e. The molecule has 1 heterocycles. The number of carbonyl (C=O) groups excluding carboxylic acids is 1. The first-order valence-corrected chi connectivity index (χ1v) is 6.57. The van der Waals surface area contributed by atoms with Crippen molar-refractivity contribution in [1.82, 2.24) is 0 Å². The molecule has 1 amide bonds. The van der Waals surface area contributed by atoms with Crippen LogP contribution in [0.4, 0.5) is 5.69 Å². The van der Waals surface area contributed by atoms with Gasteiger partial charge < -0.3 is 19.9 Å². The lowest BCUT2D eigenvalue weighted by atomic mass is 10.0. The normalized spacial score (nSPS) is 20.8. The fourth-order valence-corrected chi connectivity index (χ4v) is 2.27. The monoisotopic (exact) mass is 285 g/mol. The lowest BCUT2D eigenvalue weighted by Gasteiger charge is -2.20. The van der Waals surface area contributed by atoms with Crippen LogP contribution in [0.25, 0.3) is 0 Å². The van der Waals surface area contributed by atoms with Gasteiger partial charge >= 0.3 is 0 Å². The van der Waals surface area contributed by atoms with E-state index in [-0.39, 0.29) is 0 Å². The zero-order valence-electron chi connectivity index (χ0n) is 11.4. The maximum Gasteiger partial charge on any atom is 0.257 e. The number of rotatable bonds is 2. The molecule has 3 rings (SSSR count). The fourth-order valence-electron chi connectivity index (χ4n) is 2.27. The quantitative estimate of drug-likeness (QED) is 0.887. The van der Waals surface area contributed by atoms with Crippen molar-refractivity contribution in [2.75, 3.05) is 12.4 Å². The summed E-state index contributed by atoms with van der Waals surface area (Å²) in [7, 11) is 1.54. The second-order valence-corrected chi connectivity index (χ2v) is 4.75. The number of hydrogen-bond acceptors (Lipinski definition) is 4. The SMILES string of the molecule is COc1ccc2c(c1)NC(=O)C(O)C(c1ccccc1)O2. The highest BCUT2D eigenvalue weighted by Gasteiger charge is 2.33. The van der Waals surface area contributed by atoms with Gasteiger partial charge in [-0.05, 0) is 17.7 Å². The number of hydrogen-bond donors (Lipinski definition) is 2. The summed E-state index contributed by atoms with van der Waals surface area (Å²) >= 11 is 0. The van der Waals surface area contributed by atoms with E-state index in [4.69, 9.17) is 9.47 Å². The molecule has 108 valence electrons. The Bertz CT molecular complexity index is 657. The van der Waals surface area contributed by atoms with Gasteiger partial charge in [0.2, 0.25) is 0 Å². The number of nitrogens with one attached hydrogen (secondary N) is 1. The summed E-state index contributed by atoms with van der Waals surface area (Å²) in [6.45, 7) is 0. The highest BCUT2D eigenvalue weighted by atomic mass is 16.5. The number of benzene rings is 2. The van der Waals surface area contributed by atoms with E-state index in [1.807, 2.05) is 30.3 Å². The Morgan fingerprint density at radius 1 is 1.19 bits per heavy atom. The van der Waals surface area contributed by atoms with Crippen molar-refractivity contribution in [2.24, 2.45) is 0 Å². The van der Waals surface area contributed by atoms with Gasteiger partial charge in [0, 0.05) is 6.07 Å². The summed E-state index contributed by atoms with van der Waals surface area (Å²) in [6.07, 6.45) is -2.04. The van der Waals surface area contributed by atoms with Crippen molar-refractivity contribution in [3.05, 3.63) is 54.1 Å². The first-order chi connectivity index (χ1) is 10.2. The summed E-state index contributed by atoms with van der Waals surface area (Å²) < 4.78 is 11.0. The van der Waals surface area contributed by atoms with Crippen LogP contribution in [-0.4, -0.2) is 24.2 Å². The molecule has 2 atom stereocenters. The lowest BCUT2D eigenvalue weighted by molar-refractivity contribution is -0.128. The minimum atomic E-state index is -1.29. The Balaban J connectivity index is 2.01. The van der Waals surface area contributed by atoms with Gasteiger partial charge in [0.05, 0.1) is 12.8 Å². The molecule has 1 aliphatic heterocycles. The molecule has 1 aliphatic rings. The number of ether oxygens (including phenoxy) is 2. The number of amides is 1. The molecule has 2 aromatic rings. The molecule has 0 saturated carbocycles. The minimum Gasteiger partial charge on any atom is -0.497 e. The van der Waals surface area contributed by atoms with Crippen molar-refractivity contribution < 1.29 is 19.4 Å². The van der Waals surface area contributed by atoms with Crippen LogP contribution in [0.3, 0.4) is 0 Å². The summed E-state index contributed by atoms with van der Waals surface area (Å²) in [5.41, 5.74) is 1.22. The van der Waals surface area contributed by atoms with Crippen LogP contribution in [-0.2, 0) is 4.79 Å². The molecule has 5 heteroatoms. The van der Waals surface area contributed by atoms with E-state index in [0.717, 1.165) is 5.56 Å². The number of methoxy groups -OCH3 is 1. The standard InChI is InChI=1S/C16H15NO4/c1-20-11-7-8-13-12(9-11)17-16(19)14(18)15(21-13)10-5-3-2-4-6-10/h2-9,14-15,18H,1H3,(H,17,19). The van der Waals surface area contributed by atoms with Gasteiger partial charge in [0.15, 0.2) is 12.2 Å². The van der Waals surface area contributed by atoms with E-state index in [1.165, 1.54) is 0 Å². The zero-order chi connectivity index (χ0) is 14.8. The predicted molar refractivity (Wildman–Crippen MR) is 77.4 cm³/mol. The first-order valence-electron chi connectivity index (χ1n) is 6.57. The highest BCUT2D eigenvalue weighted by molar-refractivity contribution is 5.96. The molecule has 0 aromatic heterocycles. The van der Waals surface area contributed by atoms with Gasteiger partial charge in [0.25, 0.3) is 5.91 Å². The van der Waals surface area contributed by atoms with Gasteiger partial charge in [-0.25, -0.2) is 0 Å². The van der Waals surface area contributed by atoms with Crippen LogP contribution in [0, 0.1) is 0 Å². The van der Waals surface area contributed by atoms with Crippen LogP contribution in [0.5, 0.6) is 11.5 Å². The van der Waals surface area contributed by atoms with Crippen LogP contribution >= 0.6 is 0 Å². The van der Waals surface area contributed by atoms with Crippen LogP contribution in [0.2, 0.25) is 0 Å². The summed E-state index contributed by atoms with van der Waals surface area (Å²) in [4.78, 5) is 12.1. The molecule has 0 saturated heterocycles. The van der Waals surface area contributed by atoms with E-state index in [2.05, 4.69) is 5.32 Å². The average molecular weight is 285 g/mol. The Morgan fingerprint density at radius 2 is 1.95 bits per heavy atom. The van der Waals surface area contributed by atoms with Gasteiger partial charge in [-0.2, -0.15) is 0 Å². The largest absolute Gasteiger partial charge is 0.497 e. The molecular weight excluding hydrogens is 270 g/mol. The van der Waals surface area contributed by atoms with Gasteiger partial charge in [0.1, 0.15) is 11.5 Å². The molecule has 0 bridgehead atoms. The van der Waals surface area contributed by atoms with Gasteiger partial charge in [-0.3, -0.25) is 4.79 Å². The summed E-state index contributed by atoms with van der Waals surface area (Å²) in [5.74, 6) is 0.593. The topological polar surface area (TPSA) is 67.8 Å². The third kappa shape index (κ3) is 2.55. The Hall–Kier alpha value is -2.53. The molecule has 0 fully saturated rings. The highest BCUT2D eigenvalue weighted by Crippen LogP contribution is 2.36. The number of carbonyl (C=O) groups is 1. The van der Waals surface area contributed by atoms with Crippen LogP contribution < -0.4 is 14.8 Å². The van der Waals surface area contributed by atoms with E-state index in [9.17, 15) is 9.90 Å². The molecule has 2 aromatic carbocycles. The zero-order valence-corrected chi connectivity index (χ0v) is 11.4. The molecule has 2 N–H and O–H groups in total. The van der Waals surface area contributed by atoms with Gasteiger partial charge in [-0.1, -0.05) is 30.3 Å². The molecule has 2 unspecified atom stereocenters. The molecule has 0 radical (unpaired) electrons. The maximum absolute atomic E-state index is 12.1. The van der Waals surface area contributed by atoms with E-state index >= 15 is 0 Å². The third-order valence-electron chi connectivity index (χ3n) is 3.38. The lowest BCUT2D eigenvalue weighted by Crippen LogP contribution is -2.33. The fraction of sp³-hybridized carbons (Fsp3) is 0.188. The second-order valence-electron chi connectivity index (χ2n) is 4.75. The Labute approximate surface area is 122 Å². The molecule has 0 spiro atoms. The van der Waals surface area contributed by atoms with Crippen molar-refractivity contribution in [2.45, 2.75) is 12.2 Å². The molecule has 5 nitrogen and oxygen atoms in total. The predicted octanol–water partition coefficient (Wildman–Crippen LogP) is 2.13. The number of aliphatic hydroxyl groups is 1. The Kier molecular flexibility index (Phi) is 3.50. The Morgan fingerprint density at radius 3 is 2.67 bits per heavy atom.